The Hall–Kier alpha value is -2.63. The molecule has 0 aliphatic heterocycles. The van der Waals surface area contributed by atoms with Crippen LogP contribution in [0, 0.1) is 5.82 Å². The van der Waals surface area contributed by atoms with E-state index in [1.165, 1.54) is 13.2 Å². The summed E-state index contributed by atoms with van der Waals surface area (Å²) in [5.74, 6) is -0.539. The van der Waals surface area contributed by atoms with Gasteiger partial charge in [-0.05, 0) is 38.5 Å². The van der Waals surface area contributed by atoms with E-state index in [1.807, 2.05) is 45.0 Å². The van der Waals surface area contributed by atoms with Gasteiger partial charge in [-0.2, -0.15) is 0 Å². The summed E-state index contributed by atoms with van der Waals surface area (Å²) in [6.45, 7) is 5.79. The normalized spacial score (nSPS) is 11.0. The lowest BCUT2D eigenvalue weighted by Crippen LogP contribution is -2.32. The average molecular weight is 332 g/mol. The van der Waals surface area contributed by atoms with Crippen LogP contribution in [-0.4, -0.2) is 23.8 Å². The lowest BCUT2D eigenvalue weighted by Gasteiger charge is -2.19. The number of hydrogen-bond donors (Lipinski definition) is 1. The van der Waals surface area contributed by atoms with Crippen LogP contribution in [0.4, 0.5) is 9.18 Å². The number of amides is 1. The first-order valence-electron chi connectivity index (χ1n) is 7.55. The Morgan fingerprint density at radius 3 is 2.42 bits per heavy atom. The summed E-state index contributed by atoms with van der Waals surface area (Å²) in [6.07, 6.45) is -0.462. The molecule has 2 rings (SSSR count). The van der Waals surface area contributed by atoms with Crippen LogP contribution >= 0.6 is 0 Å². The number of halogens is 1. The minimum atomic E-state index is -0.527. The maximum Gasteiger partial charge on any atom is 0.407 e. The molecule has 1 aromatic carbocycles. The maximum absolute atomic E-state index is 13.4. The Morgan fingerprint density at radius 1 is 1.17 bits per heavy atom. The van der Waals surface area contributed by atoms with E-state index in [-0.39, 0.29) is 5.88 Å². The predicted molar refractivity (Wildman–Crippen MR) is 89.3 cm³/mol. The molecule has 1 N–H and O–H groups in total. The molecule has 0 saturated carbocycles. The topological polar surface area (TPSA) is 60.5 Å². The SMILES string of the molecule is COc1nc(-c2ccc(CNC(=O)OC(C)(C)C)cc2)ccc1F. The molecule has 0 aliphatic rings. The molecule has 0 atom stereocenters. The average Bonchev–Trinajstić information content (AvgIpc) is 2.52. The van der Waals surface area contributed by atoms with Gasteiger partial charge in [-0.1, -0.05) is 24.3 Å². The number of nitrogens with one attached hydrogen (secondary N) is 1. The summed E-state index contributed by atoms with van der Waals surface area (Å²) >= 11 is 0. The first-order chi connectivity index (χ1) is 11.3. The number of alkyl carbamates (subject to hydrolysis) is 1. The van der Waals surface area contributed by atoms with E-state index < -0.39 is 17.5 Å². The van der Waals surface area contributed by atoms with Crippen molar-refractivity contribution in [2.24, 2.45) is 0 Å². The molecule has 6 heteroatoms. The van der Waals surface area contributed by atoms with Crippen molar-refractivity contribution in [3.63, 3.8) is 0 Å². The van der Waals surface area contributed by atoms with Crippen LogP contribution in [-0.2, 0) is 11.3 Å². The third-order valence-electron chi connectivity index (χ3n) is 3.09. The first kappa shape index (κ1) is 17.7. The van der Waals surface area contributed by atoms with E-state index in [9.17, 15) is 9.18 Å². The molecule has 2 aromatic rings. The number of carbonyl (C=O) groups excluding carboxylic acids is 1. The monoisotopic (exact) mass is 332 g/mol. The van der Waals surface area contributed by atoms with Gasteiger partial charge in [-0.15, -0.1) is 0 Å². The molecule has 5 nitrogen and oxygen atoms in total. The number of nitrogens with zero attached hydrogens (tertiary/aromatic N) is 1. The van der Waals surface area contributed by atoms with Crippen LogP contribution in [0.2, 0.25) is 0 Å². The van der Waals surface area contributed by atoms with E-state index in [0.29, 0.717) is 12.2 Å². The fourth-order valence-electron chi connectivity index (χ4n) is 2.01. The van der Waals surface area contributed by atoms with Gasteiger partial charge in [0.2, 0.25) is 0 Å². The van der Waals surface area contributed by atoms with Gasteiger partial charge < -0.3 is 14.8 Å². The molecule has 1 aromatic heterocycles. The van der Waals surface area contributed by atoms with Gasteiger partial charge in [-0.25, -0.2) is 14.2 Å². The van der Waals surface area contributed by atoms with Gasteiger partial charge in [0.05, 0.1) is 12.8 Å². The molecule has 0 spiro atoms. The van der Waals surface area contributed by atoms with Gasteiger partial charge >= 0.3 is 6.09 Å². The van der Waals surface area contributed by atoms with Crippen LogP contribution in [0.5, 0.6) is 5.88 Å². The van der Waals surface area contributed by atoms with E-state index >= 15 is 0 Å². The van der Waals surface area contributed by atoms with Gasteiger partial charge in [0, 0.05) is 12.1 Å². The Bertz CT molecular complexity index is 709. The zero-order chi connectivity index (χ0) is 17.7. The quantitative estimate of drug-likeness (QED) is 0.922. The number of ether oxygens (including phenoxy) is 2. The highest BCUT2D eigenvalue weighted by Crippen LogP contribution is 2.22. The molecule has 0 unspecified atom stereocenters. The molecule has 0 saturated heterocycles. The number of aromatic nitrogens is 1. The number of benzene rings is 1. The number of methoxy groups -OCH3 is 1. The third-order valence-corrected chi connectivity index (χ3v) is 3.09. The van der Waals surface area contributed by atoms with Gasteiger partial charge in [0.15, 0.2) is 5.82 Å². The number of hydrogen-bond acceptors (Lipinski definition) is 4. The van der Waals surface area contributed by atoms with Crippen molar-refractivity contribution >= 4 is 6.09 Å². The standard InChI is InChI=1S/C18H21FN2O3/c1-18(2,3)24-17(22)20-11-12-5-7-13(8-6-12)15-10-9-14(19)16(21-15)23-4/h5-10H,11H2,1-4H3,(H,20,22). The Kier molecular flexibility index (Phi) is 5.39. The molecule has 0 fully saturated rings. The third kappa shape index (κ3) is 4.94. The Morgan fingerprint density at radius 2 is 1.83 bits per heavy atom. The second-order valence-electron chi connectivity index (χ2n) is 6.24. The molecule has 1 amide bonds. The Balaban J connectivity index is 2.02. The first-order valence-corrected chi connectivity index (χ1v) is 7.55. The van der Waals surface area contributed by atoms with Crippen molar-refractivity contribution in [1.82, 2.24) is 10.3 Å². The van der Waals surface area contributed by atoms with Crippen molar-refractivity contribution in [3.05, 3.63) is 47.8 Å². The zero-order valence-electron chi connectivity index (χ0n) is 14.2. The highest BCUT2D eigenvalue weighted by atomic mass is 19.1. The lowest BCUT2D eigenvalue weighted by molar-refractivity contribution is 0.0523. The van der Waals surface area contributed by atoms with E-state index in [2.05, 4.69) is 10.3 Å². The predicted octanol–water partition coefficient (Wildman–Crippen LogP) is 3.92. The summed E-state index contributed by atoms with van der Waals surface area (Å²) in [6, 6.07) is 10.3. The van der Waals surface area contributed by atoms with Crippen LogP contribution in [0.25, 0.3) is 11.3 Å². The highest BCUT2D eigenvalue weighted by molar-refractivity contribution is 5.67. The summed E-state index contributed by atoms with van der Waals surface area (Å²) in [7, 11) is 1.38. The zero-order valence-corrected chi connectivity index (χ0v) is 14.2. The smallest absolute Gasteiger partial charge is 0.407 e. The largest absolute Gasteiger partial charge is 0.479 e. The van der Waals surface area contributed by atoms with Gasteiger partial charge in [-0.3, -0.25) is 0 Å². The fraction of sp³-hybridized carbons (Fsp3) is 0.333. The van der Waals surface area contributed by atoms with Crippen molar-refractivity contribution < 1.29 is 18.7 Å². The number of pyridine rings is 1. The van der Waals surface area contributed by atoms with Crippen molar-refractivity contribution in [2.45, 2.75) is 32.9 Å². The minimum absolute atomic E-state index is 0.0387. The lowest BCUT2D eigenvalue weighted by atomic mass is 10.1. The summed E-state index contributed by atoms with van der Waals surface area (Å²) < 4.78 is 23.5. The fourth-order valence-corrected chi connectivity index (χ4v) is 2.01. The summed E-state index contributed by atoms with van der Waals surface area (Å²) in [4.78, 5) is 15.7. The number of carbonyl (C=O) groups is 1. The van der Waals surface area contributed by atoms with Gasteiger partial charge in [0.25, 0.3) is 5.88 Å². The van der Waals surface area contributed by atoms with Crippen LogP contribution in [0.15, 0.2) is 36.4 Å². The van der Waals surface area contributed by atoms with E-state index in [1.54, 1.807) is 6.07 Å². The van der Waals surface area contributed by atoms with Crippen molar-refractivity contribution in [3.8, 4) is 17.1 Å². The molecule has 1 heterocycles. The second-order valence-corrected chi connectivity index (χ2v) is 6.24. The Labute approximate surface area is 140 Å². The van der Waals surface area contributed by atoms with Crippen LogP contribution in [0.1, 0.15) is 26.3 Å². The van der Waals surface area contributed by atoms with E-state index in [0.717, 1.165) is 11.1 Å². The minimum Gasteiger partial charge on any atom is -0.479 e. The molecule has 0 bridgehead atoms. The van der Waals surface area contributed by atoms with Crippen LogP contribution in [0.3, 0.4) is 0 Å². The van der Waals surface area contributed by atoms with Gasteiger partial charge in [0.1, 0.15) is 5.60 Å². The molecule has 0 radical (unpaired) electrons. The highest BCUT2D eigenvalue weighted by Gasteiger charge is 2.15. The summed E-state index contributed by atoms with van der Waals surface area (Å²) in [5.41, 5.74) is 1.83. The van der Waals surface area contributed by atoms with Crippen molar-refractivity contribution in [1.29, 1.82) is 0 Å². The molecular formula is C18H21FN2O3. The molecule has 24 heavy (non-hydrogen) atoms. The maximum atomic E-state index is 13.4. The number of rotatable bonds is 4. The molecular weight excluding hydrogens is 311 g/mol. The van der Waals surface area contributed by atoms with E-state index in [4.69, 9.17) is 9.47 Å². The molecule has 0 aliphatic carbocycles. The molecule has 128 valence electrons. The van der Waals surface area contributed by atoms with Crippen molar-refractivity contribution in [2.75, 3.05) is 7.11 Å². The van der Waals surface area contributed by atoms with Crippen LogP contribution < -0.4 is 10.1 Å². The second kappa shape index (κ2) is 7.29. The summed E-state index contributed by atoms with van der Waals surface area (Å²) in [5, 5.41) is 2.69.